The van der Waals surface area contributed by atoms with Crippen molar-refractivity contribution >= 4 is 17.5 Å². The molecule has 1 aliphatic carbocycles. The number of quaternary nitrogens is 1. The van der Waals surface area contributed by atoms with E-state index in [4.69, 9.17) is 9.47 Å². The van der Waals surface area contributed by atoms with Crippen molar-refractivity contribution in [3.63, 3.8) is 0 Å². The van der Waals surface area contributed by atoms with Crippen molar-refractivity contribution in [3.8, 4) is 11.5 Å². The smallest absolute Gasteiger partial charge is 0.279 e. The van der Waals surface area contributed by atoms with Gasteiger partial charge < -0.3 is 25.0 Å². The van der Waals surface area contributed by atoms with Gasteiger partial charge in [0.15, 0.2) is 24.6 Å². The summed E-state index contributed by atoms with van der Waals surface area (Å²) >= 11 is 0. The van der Waals surface area contributed by atoms with E-state index in [1.807, 2.05) is 6.92 Å². The fraction of sp³-hybridized carbons (Fsp3) is 0.619. The third-order valence-corrected chi connectivity index (χ3v) is 5.60. The molecule has 1 aromatic rings. The largest absolute Gasteiger partial charge is 0.486 e. The van der Waals surface area contributed by atoms with Crippen LogP contribution in [0.15, 0.2) is 18.2 Å². The number of carbonyl (C=O) groups is 2. The summed E-state index contributed by atoms with van der Waals surface area (Å²) in [6.45, 7) is 6.51. The zero-order chi connectivity index (χ0) is 19.9. The molecular weight excluding hydrogens is 358 g/mol. The first kappa shape index (κ1) is 20.5. The molecule has 0 bridgehead atoms. The predicted molar refractivity (Wildman–Crippen MR) is 107 cm³/mol. The number of nitrogens with one attached hydrogen (secondary N) is 3. The average molecular weight is 391 g/mol. The highest BCUT2D eigenvalue weighted by atomic mass is 16.6. The van der Waals surface area contributed by atoms with Crippen LogP contribution in [0, 0.1) is 5.92 Å². The van der Waals surface area contributed by atoms with Crippen LogP contribution in [-0.2, 0) is 9.59 Å². The van der Waals surface area contributed by atoms with Crippen molar-refractivity contribution in [3.05, 3.63) is 18.2 Å². The minimum atomic E-state index is -0.118. The predicted octanol–water partition coefficient (Wildman–Crippen LogP) is 0.996. The summed E-state index contributed by atoms with van der Waals surface area (Å²) in [5.41, 5.74) is 0.671. The van der Waals surface area contributed by atoms with Crippen molar-refractivity contribution in [1.82, 2.24) is 5.32 Å². The van der Waals surface area contributed by atoms with Crippen molar-refractivity contribution in [1.29, 1.82) is 0 Å². The van der Waals surface area contributed by atoms with Crippen molar-refractivity contribution in [2.75, 3.05) is 38.2 Å². The zero-order valence-corrected chi connectivity index (χ0v) is 16.9. The fourth-order valence-corrected chi connectivity index (χ4v) is 3.88. The number of amides is 2. The van der Waals surface area contributed by atoms with Crippen LogP contribution in [-0.4, -0.2) is 50.7 Å². The molecule has 1 aliphatic heterocycles. The Balaban J connectivity index is 1.48. The maximum atomic E-state index is 12.4. The number of hydrogen-bond donors (Lipinski definition) is 3. The second-order valence-corrected chi connectivity index (χ2v) is 7.80. The third kappa shape index (κ3) is 5.61. The molecule has 3 rings (SSSR count). The van der Waals surface area contributed by atoms with Gasteiger partial charge in [0.25, 0.3) is 11.8 Å². The number of benzene rings is 1. The lowest BCUT2D eigenvalue weighted by Crippen LogP contribution is -3.14. The number of fused-ring (bicyclic) bond motifs is 1. The molecule has 154 valence electrons. The van der Waals surface area contributed by atoms with Crippen LogP contribution in [0.1, 0.15) is 39.5 Å². The maximum Gasteiger partial charge on any atom is 0.279 e. The number of rotatable bonds is 7. The van der Waals surface area contributed by atoms with E-state index in [0.717, 1.165) is 11.3 Å². The average Bonchev–Trinajstić information content (AvgIpc) is 2.69. The van der Waals surface area contributed by atoms with Gasteiger partial charge in [-0.2, -0.15) is 0 Å². The van der Waals surface area contributed by atoms with Gasteiger partial charge in [-0.1, -0.05) is 19.8 Å². The summed E-state index contributed by atoms with van der Waals surface area (Å²) in [6.07, 6.45) is 4.66. The zero-order valence-electron chi connectivity index (χ0n) is 16.9. The monoisotopic (exact) mass is 390 g/mol. The molecular formula is C21H32N3O4+. The normalized spacial score (nSPS) is 22.2. The van der Waals surface area contributed by atoms with Gasteiger partial charge in [-0.05, 0) is 37.8 Å². The molecule has 0 radical (unpaired) electrons. The van der Waals surface area contributed by atoms with Gasteiger partial charge in [-0.3, -0.25) is 9.59 Å². The molecule has 2 aliphatic rings. The fourth-order valence-electron chi connectivity index (χ4n) is 3.88. The van der Waals surface area contributed by atoms with Crippen LogP contribution < -0.4 is 25.0 Å². The Morgan fingerprint density at radius 3 is 2.54 bits per heavy atom. The number of likely N-dealkylation sites (N-methyl/N-ethyl adjacent to an activating group) is 1. The van der Waals surface area contributed by atoms with E-state index in [9.17, 15) is 9.59 Å². The Labute approximate surface area is 166 Å². The van der Waals surface area contributed by atoms with E-state index in [1.165, 1.54) is 19.3 Å². The van der Waals surface area contributed by atoms with Crippen LogP contribution >= 0.6 is 0 Å². The molecule has 1 saturated carbocycles. The van der Waals surface area contributed by atoms with Crippen LogP contribution in [0.4, 0.5) is 5.69 Å². The van der Waals surface area contributed by atoms with E-state index in [0.29, 0.717) is 49.4 Å². The van der Waals surface area contributed by atoms with E-state index >= 15 is 0 Å². The molecule has 7 heteroatoms. The van der Waals surface area contributed by atoms with Gasteiger partial charge in [-0.25, -0.2) is 0 Å². The number of carbonyl (C=O) groups excluding carboxylic acids is 2. The highest BCUT2D eigenvalue weighted by Crippen LogP contribution is 2.32. The third-order valence-electron chi connectivity index (χ3n) is 5.60. The van der Waals surface area contributed by atoms with E-state index in [-0.39, 0.29) is 24.4 Å². The Kier molecular flexibility index (Phi) is 7.14. The molecule has 1 unspecified atom stereocenters. The lowest BCUT2D eigenvalue weighted by atomic mass is 9.86. The van der Waals surface area contributed by atoms with Gasteiger partial charge >= 0.3 is 0 Å². The Hall–Kier alpha value is -2.28. The minimum Gasteiger partial charge on any atom is -0.486 e. The first-order chi connectivity index (χ1) is 13.5. The summed E-state index contributed by atoms with van der Waals surface area (Å²) in [4.78, 5) is 25.8. The van der Waals surface area contributed by atoms with Gasteiger partial charge in [0, 0.05) is 17.8 Å². The SMILES string of the molecule is CC[NH+](CC(=O)Nc1ccc2c(c1)OCCO2)CC(=O)N[C@H]1CCCC[C@@H]1C. The molecule has 1 heterocycles. The van der Waals surface area contributed by atoms with E-state index < -0.39 is 0 Å². The second-order valence-electron chi connectivity index (χ2n) is 7.80. The van der Waals surface area contributed by atoms with E-state index in [2.05, 4.69) is 17.6 Å². The quantitative estimate of drug-likeness (QED) is 0.649. The van der Waals surface area contributed by atoms with Crippen LogP contribution in [0.3, 0.4) is 0 Å². The van der Waals surface area contributed by atoms with Crippen LogP contribution in [0.25, 0.3) is 0 Å². The highest BCUT2D eigenvalue weighted by molar-refractivity contribution is 5.92. The lowest BCUT2D eigenvalue weighted by Gasteiger charge is -2.29. The maximum absolute atomic E-state index is 12.4. The van der Waals surface area contributed by atoms with E-state index in [1.54, 1.807) is 18.2 Å². The summed E-state index contributed by atoms with van der Waals surface area (Å²) in [7, 11) is 0. The van der Waals surface area contributed by atoms with Crippen molar-refractivity contribution in [2.45, 2.75) is 45.6 Å². The summed E-state index contributed by atoms with van der Waals surface area (Å²) in [6, 6.07) is 5.64. The number of ether oxygens (including phenoxy) is 2. The topological polar surface area (TPSA) is 81.1 Å². The summed E-state index contributed by atoms with van der Waals surface area (Å²) in [5.74, 6) is 1.78. The molecule has 0 saturated heterocycles. The standard InChI is InChI=1S/C21H31N3O4/c1-3-24(14-21(26)23-17-7-5-4-6-15(17)2)13-20(25)22-16-8-9-18-19(12-16)28-11-10-27-18/h8-9,12,15,17H,3-7,10-11,13-14H2,1-2H3,(H,22,25)(H,23,26)/p+1/t15-,17-/m0/s1. The van der Waals surface area contributed by atoms with Gasteiger partial charge in [-0.15, -0.1) is 0 Å². The molecule has 7 nitrogen and oxygen atoms in total. The highest BCUT2D eigenvalue weighted by Gasteiger charge is 2.25. The van der Waals surface area contributed by atoms with Crippen LogP contribution in [0.5, 0.6) is 11.5 Å². The van der Waals surface area contributed by atoms with Crippen molar-refractivity contribution in [2.24, 2.45) is 5.92 Å². The number of hydrogen-bond acceptors (Lipinski definition) is 4. The van der Waals surface area contributed by atoms with Gasteiger partial charge in [0.2, 0.25) is 0 Å². The summed E-state index contributed by atoms with van der Waals surface area (Å²) in [5, 5.41) is 6.06. The van der Waals surface area contributed by atoms with Gasteiger partial charge in [0.05, 0.1) is 6.54 Å². The molecule has 28 heavy (non-hydrogen) atoms. The van der Waals surface area contributed by atoms with Crippen LogP contribution in [0.2, 0.25) is 0 Å². The molecule has 3 atom stereocenters. The molecule has 3 N–H and O–H groups in total. The first-order valence-electron chi connectivity index (χ1n) is 10.4. The molecule has 1 fully saturated rings. The molecule has 1 aromatic carbocycles. The first-order valence-corrected chi connectivity index (χ1v) is 10.4. The number of anilines is 1. The molecule has 0 aromatic heterocycles. The Morgan fingerprint density at radius 1 is 1.07 bits per heavy atom. The Morgan fingerprint density at radius 2 is 1.79 bits per heavy atom. The lowest BCUT2D eigenvalue weighted by molar-refractivity contribution is -0.881. The van der Waals surface area contributed by atoms with Gasteiger partial charge in [0.1, 0.15) is 13.2 Å². The summed E-state index contributed by atoms with van der Waals surface area (Å²) < 4.78 is 11.0. The molecule has 2 amide bonds. The minimum absolute atomic E-state index is 0.0303. The Bertz CT molecular complexity index is 694. The van der Waals surface area contributed by atoms with Crippen molar-refractivity contribution < 1.29 is 24.0 Å². The second kappa shape index (κ2) is 9.78. The molecule has 0 spiro atoms.